The van der Waals surface area contributed by atoms with Crippen LogP contribution in [0.4, 0.5) is 0 Å². The first-order valence-corrected chi connectivity index (χ1v) is 11.6. The minimum Gasteiger partial charge on any atom is -0.481 e. The van der Waals surface area contributed by atoms with Crippen molar-refractivity contribution < 1.29 is 19.8 Å². The van der Waals surface area contributed by atoms with Crippen LogP contribution >= 0.6 is 0 Å². The van der Waals surface area contributed by atoms with E-state index in [1.165, 1.54) is 55.7 Å². The van der Waals surface area contributed by atoms with Crippen molar-refractivity contribution in [1.82, 2.24) is 0 Å². The van der Waals surface area contributed by atoms with Gasteiger partial charge in [-0.25, -0.2) is 0 Å². The van der Waals surface area contributed by atoms with Crippen LogP contribution in [-0.4, -0.2) is 22.2 Å². The topological polar surface area (TPSA) is 74.6 Å². The number of rotatable bonds is 6. The van der Waals surface area contributed by atoms with E-state index in [1.54, 1.807) is 0 Å². The summed E-state index contributed by atoms with van der Waals surface area (Å²) in [5.41, 5.74) is 15.0. The van der Waals surface area contributed by atoms with Crippen LogP contribution in [0.3, 0.4) is 0 Å². The zero-order chi connectivity index (χ0) is 23.3. The molecule has 3 aliphatic rings. The summed E-state index contributed by atoms with van der Waals surface area (Å²) in [6.07, 6.45) is 5.12. The molecule has 4 heteroatoms. The molecule has 0 aromatic heterocycles. The van der Waals surface area contributed by atoms with Gasteiger partial charge in [-0.1, -0.05) is 47.5 Å². The van der Waals surface area contributed by atoms with Crippen molar-refractivity contribution in [3.63, 3.8) is 0 Å². The van der Waals surface area contributed by atoms with Crippen molar-refractivity contribution in [1.29, 1.82) is 0 Å². The first kappa shape index (κ1) is 21.4. The fourth-order valence-electron chi connectivity index (χ4n) is 5.99. The fraction of sp³-hybridized carbons (Fsp3) is 0.310. The molecule has 2 aromatic carbocycles. The number of allylic oxidation sites excluding steroid dienone is 6. The lowest BCUT2D eigenvalue weighted by Gasteiger charge is -2.16. The summed E-state index contributed by atoms with van der Waals surface area (Å²) in [5.74, 6) is -1.60. The van der Waals surface area contributed by atoms with Gasteiger partial charge in [0.25, 0.3) is 0 Å². The van der Waals surface area contributed by atoms with Crippen molar-refractivity contribution in [2.75, 3.05) is 0 Å². The van der Waals surface area contributed by atoms with Crippen LogP contribution in [0.15, 0.2) is 58.7 Å². The van der Waals surface area contributed by atoms with Crippen molar-refractivity contribution in [3.05, 3.63) is 92.1 Å². The Morgan fingerprint density at radius 2 is 1.15 bits per heavy atom. The Bertz CT molecular complexity index is 1200. The van der Waals surface area contributed by atoms with Gasteiger partial charge in [0.05, 0.1) is 12.8 Å². The molecule has 0 bridgehead atoms. The molecule has 0 atom stereocenters. The standard InChI is InChI=1S/C29H28O4/c1-16-10-20-12-18(14-26(30)31)6-8-22(20)28(16)24-4-3-5-25(24)29-17(2)11-21-13-19(15-27(32)33)7-9-23(21)29/h6-9,12-13H,3-5,10-11,14-15H2,1-2H3,(H,30,31)(H,32,33). The van der Waals surface area contributed by atoms with E-state index in [-0.39, 0.29) is 12.8 Å². The monoisotopic (exact) mass is 440 g/mol. The van der Waals surface area contributed by atoms with Gasteiger partial charge in [0, 0.05) is 0 Å². The Morgan fingerprint density at radius 1 is 0.727 bits per heavy atom. The second-order valence-electron chi connectivity index (χ2n) is 9.60. The number of carbonyl (C=O) groups is 2. The molecule has 0 fully saturated rings. The Labute approximate surface area is 194 Å². The minimum atomic E-state index is -0.799. The Morgan fingerprint density at radius 3 is 1.55 bits per heavy atom. The predicted octanol–water partition coefficient (Wildman–Crippen LogP) is 5.78. The number of carboxylic acids is 2. The molecule has 0 aliphatic heterocycles. The van der Waals surface area contributed by atoms with Crippen molar-refractivity contribution >= 4 is 23.1 Å². The van der Waals surface area contributed by atoms with Crippen LogP contribution in [0.2, 0.25) is 0 Å². The van der Waals surface area contributed by atoms with E-state index in [4.69, 9.17) is 10.2 Å². The van der Waals surface area contributed by atoms with E-state index >= 15 is 0 Å². The summed E-state index contributed by atoms with van der Waals surface area (Å²) in [6.45, 7) is 4.41. The van der Waals surface area contributed by atoms with E-state index in [9.17, 15) is 9.59 Å². The quantitative estimate of drug-likeness (QED) is 0.597. The van der Waals surface area contributed by atoms with Crippen molar-refractivity contribution in [2.45, 2.75) is 58.8 Å². The highest BCUT2D eigenvalue weighted by Crippen LogP contribution is 2.50. The highest BCUT2D eigenvalue weighted by atomic mass is 16.4. The second kappa shape index (κ2) is 8.18. The van der Waals surface area contributed by atoms with E-state index < -0.39 is 11.9 Å². The lowest BCUT2D eigenvalue weighted by molar-refractivity contribution is -0.137. The van der Waals surface area contributed by atoms with E-state index in [0.717, 1.165) is 43.2 Å². The number of hydrogen-bond donors (Lipinski definition) is 2. The maximum Gasteiger partial charge on any atom is 0.307 e. The Kier molecular flexibility index (Phi) is 5.32. The average Bonchev–Trinajstić information content (AvgIpc) is 3.40. The van der Waals surface area contributed by atoms with E-state index in [1.807, 2.05) is 12.1 Å². The second-order valence-corrected chi connectivity index (χ2v) is 9.60. The molecule has 0 unspecified atom stereocenters. The maximum atomic E-state index is 11.1. The largest absolute Gasteiger partial charge is 0.481 e. The van der Waals surface area contributed by atoms with Gasteiger partial charge in [0.15, 0.2) is 0 Å². The molecule has 0 saturated carbocycles. The van der Waals surface area contributed by atoms with Crippen LogP contribution < -0.4 is 0 Å². The van der Waals surface area contributed by atoms with Gasteiger partial charge < -0.3 is 10.2 Å². The van der Waals surface area contributed by atoms with Gasteiger partial charge in [-0.15, -0.1) is 0 Å². The highest BCUT2D eigenvalue weighted by molar-refractivity contribution is 5.96. The molecular weight excluding hydrogens is 412 g/mol. The lowest BCUT2D eigenvalue weighted by atomic mass is 9.88. The summed E-state index contributed by atoms with van der Waals surface area (Å²) in [6, 6.07) is 12.3. The van der Waals surface area contributed by atoms with Crippen LogP contribution in [-0.2, 0) is 35.3 Å². The maximum absolute atomic E-state index is 11.1. The summed E-state index contributed by atoms with van der Waals surface area (Å²) in [7, 11) is 0. The minimum absolute atomic E-state index is 0.0579. The molecule has 2 aromatic rings. The van der Waals surface area contributed by atoms with Crippen LogP contribution in [0.1, 0.15) is 66.5 Å². The number of carboxylic acid groups (broad SMARTS) is 2. The zero-order valence-corrected chi connectivity index (χ0v) is 19.1. The van der Waals surface area contributed by atoms with Crippen LogP contribution in [0.25, 0.3) is 11.1 Å². The van der Waals surface area contributed by atoms with Crippen molar-refractivity contribution in [2.24, 2.45) is 0 Å². The number of hydrogen-bond acceptors (Lipinski definition) is 2. The third kappa shape index (κ3) is 3.84. The molecule has 168 valence electrons. The van der Waals surface area contributed by atoms with Gasteiger partial charge in [0.1, 0.15) is 0 Å². The van der Waals surface area contributed by atoms with Gasteiger partial charge in [-0.3, -0.25) is 9.59 Å². The first-order chi connectivity index (χ1) is 15.8. The average molecular weight is 441 g/mol. The molecule has 5 rings (SSSR count). The third-order valence-electron chi connectivity index (χ3n) is 7.17. The van der Waals surface area contributed by atoms with Gasteiger partial charge in [-0.05, 0) is 102 Å². The molecule has 3 aliphatic carbocycles. The van der Waals surface area contributed by atoms with E-state index in [0.29, 0.717) is 0 Å². The Balaban J connectivity index is 1.55. The number of fused-ring (bicyclic) bond motifs is 2. The SMILES string of the molecule is CC1=C(C2=C(C3=C(C)Cc4cc(CC(=O)O)ccc43)CCC2)c2ccc(CC(=O)O)cc2C1. The number of benzene rings is 2. The molecule has 0 radical (unpaired) electrons. The molecular formula is C29H28O4. The van der Waals surface area contributed by atoms with Crippen LogP contribution in [0.5, 0.6) is 0 Å². The first-order valence-electron chi connectivity index (χ1n) is 11.6. The van der Waals surface area contributed by atoms with Gasteiger partial charge in [0.2, 0.25) is 0 Å². The normalized spacial score (nSPS) is 17.2. The van der Waals surface area contributed by atoms with Gasteiger partial charge in [-0.2, -0.15) is 0 Å². The highest BCUT2D eigenvalue weighted by Gasteiger charge is 2.31. The summed E-state index contributed by atoms with van der Waals surface area (Å²) in [5, 5.41) is 18.3. The molecule has 0 saturated heterocycles. The van der Waals surface area contributed by atoms with E-state index in [2.05, 4.69) is 38.1 Å². The number of aliphatic carboxylic acids is 2. The van der Waals surface area contributed by atoms with Gasteiger partial charge >= 0.3 is 11.9 Å². The zero-order valence-electron chi connectivity index (χ0n) is 19.1. The lowest BCUT2D eigenvalue weighted by Crippen LogP contribution is -2.01. The van der Waals surface area contributed by atoms with Crippen LogP contribution in [0, 0.1) is 0 Å². The molecule has 2 N–H and O–H groups in total. The molecule has 4 nitrogen and oxygen atoms in total. The molecule has 0 spiro atoms. The summed E-state index contributed by atoms with van der Waals surface area (Å²) < 4.78 is 0. The predicted molar refractivity (Wildman–Crippen MR) is 129 cm³/mol. The smallest absolute Gasteiger partial charge is 0.307 e. The third-order valence-corrected chi connectivity index (χ3v) is 7.17. The van der Waals surface area contributed by atoms with Crippen molar-refractivity contribution in [3.8, 4) is 0 Å². The molecule has 0 amide bonds. The molecule has 33 heavy (non-hydrogen) atoms. The fourth-order valence-corrected chi connectivity index (χ4v) is 5.99. The molecule has 0 heterocycles. The Hall–Kier alpha value is -3.40. The summed E-state index contributed by atoms with van der Waals surface area (Å²) >= 11 is 0. The summed E-state index contributed by atoms with van der Waals surface area (Å²) in [4.78, 5) is 22.3.